The van der Waals surface area contributed by atoms with Gasteiger partial charge in [-0.3, -0.25) is 0 Å². The summed E-state index contributed by atoms with van der Waals surface area (Å²) in [5.74, 6) is -1.39. The molecule has 0 spiro atoms. The van der Waals surface area contributed by atoms with Crippen LogP contribution in [0.1, 0.15) is 57.6 Å². The van der Waals surface area contributed by atoms with Crippen molar-refractivity contribution in [3.05, 3.63) is 172 Å². The molecular weight excluding hydrogens is 534 g/mol. The standard InChI is InChI=1S/C35H30O3.Zn/c1-34(25-15-7-3-8-16-25,26-17-9-4-10-18-26)29-23-30(33(37)38)32(36)31(24-29)35(2,27-19-11-5-12-20-27)28-21-13-6-14-22-28;/h3-24,36H,1-2H3,(H,37,38);. The molecule has 0 aliphatic rings. The van der Waals surface area contributed by atoms with E-state index in [2.05, 4.69) is 31.2 Å². The van der Waals surface area contributed by atoms with Crippen molar-refractivity contribution in [2.24, 2.45) is 0 Å². The monoisotopic (exact) mass is 562 g/mol. The molecule has 5 aromatic rings. The molecule has 2 N–H and O–H groups in total. The molecule has 0 heterocycles. The summed E-state index contributed by atoms with van der Waals surface area (Å²) in [6, 6.07) is 43.6. The molecule has 5 aromatic carbocycles. The first kappa shape index (κ1) is 28.0. The average Bonchev–Trinajstić information content (AvgIpc) is 2.98. The summed E-state index contributed by atoms with van der Waals surface area (Å²) < 4.78 is 0. The second-order valence-corrected chi connectivity index (χ2v) is 9.94. The smallest absolute Gasteiger partial charge is 0.339 e. The summed E-state index contributed by atoms with van der Waals surface area (Å²) in [4.78, 5) is 12.6. The summed E-state index contributed by atoms with van der Waals surface area (Å²) in [6.45, 7) is 4.16. The van der Waals surface area contributed by atoms with Crippen LogP contribution in [0.3, 0.4) is 0 Å². The van der Waals surface area contributed by atoms with Gasteiger partial charge in [0.15, 0.2) is 0 Å². The van der Waals surface area contributed by atoms with Gasteiger partial charge in [-0.1, -0.05) is 121 Å². The van der Waals surface area contributed by atoms with E-state index in [1.165, 1.54) is 0 Å². The van der Waals surface area contributed by atoms with Crippen LogP contribution in [0.5, 0.6) is 5.75 Å². The van der Waals surface area contributed by atoms with Gasteiger partial charge in [0.1, 0.15) is 11.3 Å². The Morgan fingerprint density at radius 1 is 0.538 bits per heavy atom. The third kappa shape index (κ3) is 4.93. The van der Waals surface area contributed by atoms with Crippen LogP contribution >= 0.6 is 0 Å². The van der Waals surface area contributed by atoms with Gasteiger partial charge in [0.05, 0.1) is 0 Å². The second kappa shape index (κ2) is 11.4. The first-order chi connectivity index (χ1) is 18.4. The van der Waals surface area contributed by atoms with Gasteiger partial charge in [0.2, 0.25) is 0 Å². The summed E-state index contributed by atoms with van der Waals surface area (Å²) in [5, 5.41) is 21.8. The summed E-state index contributed by atoms with van der Waals surface area (Å²) >= 11 is 0. The number of carbonyl (C=O) groups is 1. The maximum absolute atomic E-state index is 12.6. The zero-order chi connectivity index (χ0) is 26.8. The van der Waals surface area contributed by atoms with Gasteiger partial charge in [-0.2, -0.15) is 0 Å². The van der Waals surface area contributed by atoms with Crippen LogP contribution in [0.15, 0.2) is 133 Å². The van der Waals surface area contributed by atoms with E-state index < -0.39 is 16.8 Å². The minimum Gasteiger partial charge on any atom is -0.507 e. The number of rotatable bonds is 7. The van der Waals surface area contributed by atoms with Gasteiger partial charge in [-0.25, -0.2) is 4.79 Å². The van der Waals surface area contributed by atoms with E-state index in [4.69, 9.17) is 0 Å². The third-order valence-corrected chi connectivity index (χ3v) is 7.86. The number of phenols is 1. The van der Waals surface area contributed by atoms with Gasteiger partial charge in [-0.15, -0.1) is 0 Å². The Bertz CT molecular complexity index is 1470. The van der Waals surface area contributed by atoms with Crippen molar-refractivity contribution >= 4 is 5.97 Å². The van der Waals surface area contributed by atoms with Crippen LogP contribution in [-0.4, -0.2) is 16.2 Å². The zero-order valence-corrected chi connectivity index (χ0v) is 25.2. The van der Waals surface area contributed by atoms with Crippen LogP contribution in [0.4, 0.5) is 0 Å². The zero-order valence-electron chi connectivity index (χ0n) is 22.2. The number of aromatic carboxylic acids is 1. The Morgan fingerprint density at radius 2 is 0.872 bits per heavy atom. The van der Waals surface area contributed by atoms with E-state index in [0.717, 1.165) is 27.8 Å². The molecule has 0 unspecified atom stereocenters. The fourth-order valence-electron chi connectivity index (χ4n) is 5.53. The van der Waals surface area contributed by atoms with E-state index in [-0.39, 0.29) is 30.8 Å². The molecule has 0 aliphatic heterocycles. The van der Waals surface area contributed by atoms with E-state index in [9.17, 15) is 15.0 Å². The number of benzene rings is 5. The van der Waals surface area contributed by atoms with Gasteiger partial charge < -0.3 is 10.2 Å². The Kier molecular flexibility index (Phi) is 8.18. The minimum atomic E-state index is -1.17. The molecule has 0 radical (unpaired) electrons. The average molecular weight is 564 g/mol. The molecule has 0 fully saturated rings. The predicted molar refractivity (Wildman–Crippen MR) is 152 cm³/mol. The molecule has 0 aliphatic carbocycles. The SMILES string of the molecule is CC(c1ccccc1)(c1ccccc1)c1cc(C(=O)O)c(O)c(C(C)(c2ccccc2)c2ccccc2)c1.[Zn]. The quantitative estimate of drug-likeness (QED) is 0.157. The molecule has 0 aromatic heterocycles. The molecule has 0 amide bonds. The van der Waals surface area contributed by atoms with Crippen LogP contribution in [0.25, 0.3) is 0 Å². The number of aromatic hydroxyl groups is 1. The van der Waals surface area contributed by atoms with Crippen LogP contribution in [0, 0.1) is 0 Å². The topological polar surface area (TPSA) is 57.5 Å². The molecular formula is C35H30O3Zn. The Morgan fingerprint density at radius 3 is 1.21 bits per heavy atom. The van der Waals surface area contributed by atoms with Crippen molar-refractivity contribution in [2.75, 3.05) is 0 Å². The fraction of sp³-hybridized carbons (Fsp3) is 0.114. The van der Waals surface area contributed by atoms with Gasteiger partial charge in [0, 0.05) is 35.9 Å². The number of hydrogen-bond donors (Lipinski definition) is 2. The van der Waals surface area contributed by atoms with Crippen molar-refractivity contribution in [1.82, 2.24) is 0 Å². The first-order valence-electron chi connectivity index (χ1n) is 12.7. The van der Waals surface area contributed by atoms with Crippen molar-refractivity contribution < 1.29 is 34.5 Å². The molecule has 0 saturated heterocycles. The number of hydrogen-bond acceptors (Lipinski definition) is 2. The van der Waals surface area contributed by atoms with Crippen molar-refractivity contribution in [2.45, 2.75) is 24.7 Å². The fourth-order valence-corrected chi connectivity index (χ4v) is 5.53. The van der Waals surface area contributed by atoms with E-state index >= 15 is 0 Å². The summed E-state index contributed by atoms with van der Waals surface area (Å²) in [6.07, 6.45) is 0. The Balaban J connectivity index is 0.00000353. The Hall–Kier alpha value is -4.01. The summed E-state index contributed by atoms with van der Waals surface area (Å²) in [7, 11) is 0. The molecule has 0 bridgehead atoms. The first-order valence-corrected chi connectivity index (χ1v) is 12.7. The normalized spacial score (nSPS) is 11.4. The molecule has 5 rings (SSSR count). The molecule has 4 heteroatoms. The number of carboxylic acid groups (broad SMARTS) is 1. The second-order valence-electron chi connectivity index (χ2n) is 9.94. The number of carboxylic acids is 1. The van der Waals surface area contributed by atoms with E-state index in [1.807, 2.05) is 110 Å². The van der Waals surface area contributed by atoms with Crippen molar-refractivity contribution in [3.63, 3.8) is 0 Å². The van der Waals surface area contributed by atoms with Crippen LogP contribution in [-0.2, 0) is 30.3 Å². The van der Waals surface area contributed by atoms with E-state index in [0.29, 0.717) is 5.56 Å². The third-order valence-electron chi connectivity index (χ3n) is 7.86. The van der Waals surface area contributed by atoms with Gasteiger partial charge >= 0.3 is 5.97 Å². The predicted octanol–water partition coefficient (Wildman–Crippen LogP) is 7.80. The van der Waals surface area contributed by atoms with Gasteiger partial charge in [-0.05, 0) is 53.8 Å². The molecule has 190 valence electrons. The minimum absolute atomic E-state index is 0. The van der Waals surface area contributed by atoms with Crippen LogP contribution < -0.4 is 0 Å². The molecule has 0 saturated carbocycles. The largest absolute Gasteiger partial charge is 0.507 e. The van der Waals surface area contributed by atoms with Crippen LogP contribution in [0.2, 0.25) is 0 Å². The maximum atomic E-state index is 12.6. The molecule has 39 heavy (non-hydrogen) atoms. The van der Waals surface area contributed by atoms with Crippen molar-refractivity contribution in [3.8, 4) is 5.75 Å². The van der Waals surface area contributed by atoms with Gasteiger partial charge in [0.25, 0.3) is 0 Å². The summed E-state index contributed by atoms with van der Waals surface area (Å²) in [5.41, 5.74) is 3.69. The maximum Gasteiger partial charge on any atom is 0.339 e. The molecule has 3 nitrogen and oxygen atoms in total. The van der Waals surface area contributed by atoms with E-state index in [1.54, 1.807) is 6.07 Å². The van der Waals surface area contributed by atoms with Crippen molar-refractivity contribution in [1.29, 1.82) is 0 Å². The molecule has 0 atom stereocenters. The Labute approximate surface area is 242 Å².